The van der Waals surface area contributed by atoms with Crippen molar-refractivity contribution in [2.24, 2.45) is 5.92 Å². The third-order valence-corrected chi connectivity index (χ3v) is 6.90. The maximum atomic E-state index is 13.4. The number of nitrogens with one attached hydrogen (secondary N) is 1. The average Bonchev–Trinajstić information content (AvgIpc) is 3.25. The summed E-state index contributed by atoms with van der Waals surface area (Å²) >= 11 is 5.95. The van der Waals surface area contributed by atoms with Crippen molar-refractivity contribution in [3.05, 3.63) is 70.9 Å². The monoisotopic (exact) mass is 462 g/mol. The topological polar surface area (TPSA) is 67.2 Å². The smallest absolute Gasteiger partial charge is 0.320 e. The Kier molecular flexibility index (Phi) is 6.18. The Morgan fingerprint density at radius 2 is 1.70 bits per heavy atom. The SMILES string of the molecule is O=C(Nc1ccc(Cl)cc1)N1CCc2c(c(-c3ccccc3)nn2C(=O)C2CCCCC2)C1. The van der Waals surface area contributed by atoms with Crippen LogP contribution in [-0.2, 0) is 13.0 Å². The Hall–Kier alpha value is -3.12. The summed E-state index contributed by atoms with van der Waals surface area (Å²) in [7, 11) is 0. The summed E-state index contributed by atoms with van der Waals surface area (Å²) < 4.78 is 1.65. The van der Waals surface area contributed by atoms with Crippen molar-refractivity contribution in [1.82, 2.24) is 14.7 Å². The number of benzene rings is 2. The number of carbonyl (C=O) groups is 2. The second-order valence-electron chi connectivity index (χ2n) is 8.83. The normalized spacial score (nSPS) is 16.3. The fraction of sp³-hybridized carbons (Fsp3) is 0.346. The van der Waals surface area contributed by atoms with Crippen LogP contribution >= 0.6 is 11.6 Å². The van der Waals surface area contributed by atoms with E-state index in [2.05, 4.69) is 5.32 Å². The van der Waals surface area contributed by atoms with E-state index < -0.39 is 0 Å². The zero-order valence-corrected chi connectivity index (χ0v) is 19.2. The Bertz CT molecular complexity index is 1150. The minimum atomic E-state index is -0.173. The quantitative estimate of drug-likeness (QED) is 0.518. The Morgan fingerprint density at radius 1 is 0.970 bits per heavy atom. The maximum Gasteiger partial charge on any atom is 0.322 e. The number of fused-ring (bicyclic) bond motifs is 1. The number of hydrogen-bond donors (Lipinski definition) is 1. The van der Waals surface area contributed by atoms with Crippen molar-refractivity contribution in [3.63, 3.8) is 0 Å². The lowest BCUT2D eigenvalue weighted by Crippen LogP contribution is -2.39. The molecular formula is C26H27ClN4O2. The third-order valence-electron chi connectivity index (χ3n) is 6.65. The van der Waals surface area contributed by atoms with Gasteiger partial charge in [-0.2, -0.15) is 5.10 Å². The summed E-state index contributed by atoms with van der Waals surface area (Å²) in [6.07, 6.45) is 5.87. The molecule has 0 radical (unpaired) electrons. The van der Waals surface area contributed by atoms with Crippen LogP contribution in [0.3, 0.4) is 0 Å². The fourth-order valence-electron chi connectivity index (χ4n) is 4.86. The zero-order valence-electron chi connectivity index (χ0n) is 18.5. The van der Waals surface area contributed by atoms with Crippen LogP contribution in [0.5, 0.6) is 0 Å². The number of nitrogens with zero attached hydrogens (tertiary/aromatic N) is 3. The predicted octanol–water partition coefficient (Wildman–Crippen LogP) is 6.01. The second-order valence-corrected chi connectivity index (χ2v) is 9.27. The summed E-state index contributed by atoms with van der Waals surface area (Å²) in [6.45, 7) is 0.946. The number of hydrogen-bond acceptors (Lipinski definition) is 3. The van der Waals surface area contributed by atoms with Gasteiger partial charge < -0.3 is 10.2 Å². The van der Waals surface area contributed by atoms with Gasteiger partial charge in [0.15, 0.2) is 0 Å². The minimum absolute atomic E-state index is 0.0395. The van der Waals surface area contributed by atoms with Crippen molar-refractivity contribution in [2.45, 2.75) is 45.1 Å². The van der Waals surface area contributed by atoms with E-state index >= 15 is 0 Å². The van der Waals surface area contributed by atoms with E-state index in [4.69, 9.17) is 16.7 Å². The molecule has 170 valence electrons. The van der Waals surface area contributed by atoms with E-state index in [1.54, 1.807) is 33.8 Å². The molecule has 0 spiro atoms. The Balaban J connectivity index is 1.44. The number of amides is 2. The highest BCUT2D eigenvalue weighted by Gasteiger charge is 2.32. The minimum Gasteiger partial charge on any atom is -0.320 e. The van der Waals surface area contributed by atoms with Crippen molar-refractivity contribution >= 4 is 29.2 Å². The molecule has 2 aliphatic rings. The summed E-state index contributed by atoms with van der Waals surface area (Å²) in [4.78, 5) is 28.2. The molecule has 1 fully saturated rings. The Morgan fingerprint density at radius 3 is 2.42 bits per heavy atom. The average molecular weight is 463 g/mol. The number of carbonyl (C=O) groups excluding carboxylic acids is 2. The van der Waals surface area contributed by atoms with Gasteiger partial charge in [-0.3, -0.25) is 4.79 Å². The molecule has 5 rings (SSSR count). The summed E-state index contributed by atoms with van der Waals surface area (Å²) in [5.74, 6) is 0.143. The highest BCUT2D eigenvalue weighted by atomic mass is 35.5. The van der Waals surface area contributed by atoms with E-state index in [9.17, 15) is 9.59 Å². The van der Waals surface area contributed by atoms with Gasteiger partial charge in [-0.25, -0.2) is 9.48 Å². The molecule has 0 unspecified atom stereocenters. The van der Waals surface area contributed by atoms with Crippen molar-refractivity contribution in [2.75, 3.05) is 11.9 Å². The first-order chi connectivity index (χ1) is 16.1. The second kappa shape index (κ2) is 9.40. The van der Waals surface area contributed by atoms with Crippen LogP contribution < -0.4 is 5.32 Å². The van der Waals surface area contributed by atoms with Gasteiger partial charge >= 0.3 is 6.03 Å². The van der Waals surface area contributed by atoms with Gasteiger partial charge in [-0.15, -0.1) is 0 Å². The van der Waals surface area contributed by atoms with Gasteiger partial charge in [0.05, 0.1) is 17.9 Å². The standard InChI is InChI=1S/C26H27ClN4O2/c27-20-11-13-21(14-12-20)28-26(33)30-16-15-23-22(17-30)24(18-7-3-1-4-8-18)29-31(23)25(32)19-9-5-2-6-10-19/h1,3-4,7-8,11-14,19H,2,5-6,9-10,15-17H2,(H,28,33). The predicted molar refractivity (Wildman–Crippen MR) is 129 cm³/mol. The van der Waals surface area contributed by atoms with Crippen molar-refractivity contribution in [1.29, 1.82) is 0 Å². The molecule has 1 N–H and O–H groups in total. The molecule has 2 amide bonds. The number of aromatic nitrogens is 2. The number of halogens is 1. The van der Waals surface area contributed by atoms with E-state index in [0.29, 0.717) is 30.2 Å². The summed E-state index contributed by atoms with van der Waals surface area (Å²) in [5.41, 5.74) is 4.35. The molecule has 1 aliphatic carbocycles. The molecule has 0 bridgehead atoms. The van der Waals surface area contributed by atoms with Crippen LogP contribution in [0.4, 0.5) is 10.5 Å². The molecule has 1 aromatic heterocycles. The molecule has 1 saturated carbocycles. The first-order valence-electron chi connectivity index (χ1n) is 11.6. The molecule has 6 nitrogen and oxygen atoms in total. The summed E-state index contributed by atoms with van der Waals surface area (Å²) in [6, 6.07) is 16.8. The third kappa shape index (κ3) is 4.53. The van der Waals surface area contributed by atoms with E-state index in [1.165, 1.54) is 6.42 Å². The lowest BCUT2D eigenvalue weighted by Gasteiger charge is -2.28. The summed E-state index contributed by atoms with van der Waals surface area (Å²) in [5, 5.41) is 8.39. The molecule has 7 heteroatoms. The van der Waals surface area contributed by atoms with Gasteiger partial charge in [-0.05, 0) is 37.1 Å². The van der Waals surface area contributed by atoms with Crippen LogP contribution in [0, 0.1) is 5.92 Å². The molecule has 2 aromatic carbocycles. The van der Waals surface area contributed by atoms with E-state index in [1.807, 2.05) is 30.3 Å². The molecule has 1 aliphatic heterocycles. The lowest BCUT2D eigenvalue weighted by atomic mass is 9.88. The van der Waals surface area contributed by atoms with Crippen LogP contribution in [0.1, 0.15) is 48.2 Å². The van der Waals surface area contributed by atoms with Crippen LogP contribution in [-0.4, -0.2) is 33.2 Å². The maximum absolute atomic E-state index is 13.4. The van der Waals surface area contributed by atoms with E-state index in [0.717, 1.165) is 48.2 Å². The Labute approximate surface area is 198 Å². The van der Waals surface area contributed by atoms with Gasteiger partial charge in [0.2, 0.25) is 5.91 Å². The lowest BCUT2D eigenvalue weighted by molar-refractivity contribution is 0.0779. The number of anilines is 1. The first kappa shape index (κ1) is 21.7. The van der Waals surface area contributed by atoms with Crippen LogP contribution in [0.2, 0.25) is 5.02 Å². The first-order valence-corrected chi connectivity index (χ1v) is 12.0. The fourth-order valence-corrected chi connectivity index (χ4v) is 4.99. The largest absolute Gasteiger partial charge is 0.322 e. The highest BCUT2D eigenvalue weighted by molar-refractivity contribution is 6.30. The van der Waals surface area contributed by atoms with E-state index in [-0.39, 0.29) is 17.9 Å². The van der Waals surface area contributed by atoms with Crippen LogP contribution in [0.15, 0.2) is 54.6 Å². The molecule has 0 saturated heterocycles. The highest BCUT2D eigenvalue weighted by Crippen LogP contribution is 2.33. The molecule has 3 aromatic rings. The number of urea groups is 1. The molecular weight excluding hydrogens is 436 g/mol. The zero-order chi connectivity index (χ0) is 22.8. The van der Waals surface area contributed by atoms with Gasteiger partial charge in [0.1, 0.15) is 0 Å². The van der Waals surface area contributed by atoms with Crippen molar-refractivity contribution in [3.8, 4) is 11.3 Å². The number of rotatable bonds is 3. The molecule has 33 heavy (non-hydrogen) atoms. The van der Waals surface area contributed by atoms with Crippen LogP contribution in [0.25, 0.3) is 11.3 Å². The molecule has 2 heterocycles. The van der Waals surface area contributed by atoms with Gasteiger partial charge in [0, 0.05) is 40.7 Å². The van der Waals surface area contributed by atoms with Crippen molar-refractivity contribution < 1.29 is 9.59 Å². The molecule has 0 atom stereocenters. The van der Waals surface area contributed by atoms with Gasteiger partial charge in [-0.1, -0.05) is 61.2 Å². The van der Waals surface area contributed by atoms with Gasteiger partial charge in [0.25, 0.3) is 0 Å².